The number of thioether (sulfide) groups is 1. The molecule has 2 aromatic rings. The molecule has 5 heteroatoms. The highest BCUT2D eigenvalue weighted by Crippen LogP contribution is 2.29. The Morgan fingerprint density at radius 1 is 1.33 bits per heavy atom. The summed E-state index contributed by atoms with van der Waals surface area (Å²) in [7, 11) is 1.98. The van der Waals surface area contributed by atoms with Gasteiger partial charge in [-0.25, -0.2) is 0 Å². The van der Waals surface area contributed by atoms with Crippen molar-refractivity contribution in [1.29, 1.82) is 0 Å². The zero-order valence-corrected chi connectivity index (χ0v) is 13.4. The predicted octanol–water partition coefficient (Wildman–Crippen LogP) is 2.86. The van der Waals surface area contributed by atoms with Gasteiger partial charge in [0.05, 0.1) is 5.69 Å². The summed E-state index contributed by atoms with van der Waals surface area (Å²) < 4.78 is 1.89. The highest BCUT2D eigenvalue weighted by atomic mass is 32.2. The molecule has 1 aliphatic carbocycles. The maximum Gasteiger partial charge on any atom is 0.0969 e. The zero-order chi connectivity index (χ0) is 14.7. The molecule has 1 aliphatic rings. The molecule has 0 unspecified atom stereocenters. The largest absolute Gasteiger partial charge is 0.310 e. The lowest BCUT2D eigenvalue weighted by Gasteiger charge is -2.12. The predicted molar refractivity (Wildman–Crippen MR) is 88.2 cm³/mol. The van der Waals surface area contributed by atoms with E-state index in [9.17, 15) is 0 Å². The summed E-state index contributed by atoms with van der Waals surface area (Å²) in [6.45, 7) is 0.886. The highest BCUT2D eigenvalue weighted by molar-refractivity contribution is 7.99. The minimum atomic E-state index is 0.646. The number of aromatic nitrogens is 3. The first-order chi connectivity index (χ1) is 10.3. The number of nitrogens with one attached hydrogen (secondary N) is 1. The lowest BCUT2D eigenvalue weighted by Crippen LogP contribution is -2.26. The molecule has 0 radical (unpaired) electrons. The SMILES string of the molecule is CS[C@H]1CC[C@@H](NCc2cn(C)nc2-c2ccncc2)C1. The molecule has 0 aliphatic heterocycles. The fourth-order valence-corrected chi connectivity index (χ4v) is 3.81. The third kappa shape index (κ3) is 3.47. The Bertz CT molecular complexity index is 581. The summed E-state index contributed by atoms with van der Waals surface area (Å²) in [6.07, 6.45) is 11.9. The molecule has 2 aromatic heterocycles. The summed E-state index contributed by atoms with van der Waals surface area (Å²) in [4.78, 5) is 4.08. The van der Waals surface area contributed by atoms with E-state index in [-0.39, 0.29) is 0 Å². The van der Waals surface area contributed by atoms with E-state index in [4.69, 9.17) is 0 Å². The Balaban J connectivity index is 1.69. The highest BCUT2D eigenvalue weighted by Gasteiger charge is 2.23. The van der Waals surface area contributed by atoms with Crippen LogP contribution in [0.2, 0.25) is 0 Å². The van der Waals surface area contributed by atoms with Crippen LogP contribution in [0.25, 0.3) is 11.3 Å². The molecular weight excluding hydrogens is 280 g/mol. The fourth-order valence-electron chi connectivity index (χ4n) is 3.01. The van der Waals surface area contributed by atoms with Crippen LogP contribution < -0.4 is 5.32 Å². The van der Waals surface area contributed by atoms with Crippen LogP contribution in [0, 0.1) is 0 Å². The molecule has 1 fully saturated rings. The van der Waals surface area contributed by atoms with Crippen molar-refractivity contribution in [3.63, 3.8) is 0 Å². The lowest BCUT2D eigenvalue weighted by atomic mass is 10.1. The van der Waals surface area contributed by atoms with Crippen molar-refractivity contribution in [2.75, 3.05) is 6.26 Å². The minimum absolute atomic E-state index is 0.646. The van der Waals surface area contributed by atoms with Gasteiger partial charge in [-0.2, -0.15) is 16.9 Å². The van der Waals surface area contributed by atoms with Crippen LogP contribution in [-0.2, 0) is 13.6 Å². The second-order valence-electron chi connectivity index (χ2n) is 5.66. The topological polar surface area (TPSA) is 42.7 Å². The number of pyridine rings is 1. The van der Waals surface area contributed by atoms with Gasteiger partial charge in [-0.05, 0) is 37.7 Å². The normalized spacial score (nSPS) is 21.8. The van der Waals surface area contributed by atoms with E-state index in [0.29, 0.717) is 6.04 Å². The maximum absolute atomic E-state index is 4.60. The Hall–Kier alpha value is -1.33. The summed E-state index contributed by atoms with van der Waals surface area (Å²) in [6, 6.07) is 4.68. The first-order valence-corrected chi connectivity index (χ1v) is 8.74. The summed E-state index contributed by atoms with van der Waals surface area (Å²) in [5, 5.41) is 9.14. The van der Waals surface area contributed by atoms with Gasteiger partial charge in [-0.15, -0.1) is 0 Å². The van der Waals surface area contributed by atoms with Crippen LogP contribution in [-0.4, -0.2) is 32.3 Å². The number of aryl methyl sites for hydroxylation is 1. The van der Waals surface area contributed by atoms with E-state index < -0.39 is 0 Å². The molecule has 4 nitrogen and oxygen atoms in total. The molecule has 0 aromatic carbocycles. The molecule has 3 rings (SSSR count). The van der Waals surface area contributed by atoms with Gasteiger partial charge in [0.15, 0.2) is 0 Å². The van der Waals surface area contributed by atoms with Gasteiger partial charge < -0.3 is 5.32 Å². The Kier molecular flexibility index (Phi) is 4.60. The van der Waals surface area contributed by atoms with Gasteiger partial charge in [0.2, 0.25) is 0 Å². The Morgan fingerprint density at radius 2 is 2.14 bits per heavy atom. The van der Waals surface area contributed by atoms with E-state index in [1.165, 1.54) is 24.8 Å². The van der Waals surface area contributed by atoms with Crippen LogP contribution in [0.15, 0.2) is 30.7 Å². The molecule has 2 atom stereocenters. The quantitative estimate of drug-likeness (QED) is 0.922. The summed E-state index contributed by atoms with van der Waals surface area (Å²) in [5.41, 5.74) is 3.46. The first-order valence-electron chi connectivity index (χ1n) is 7.45. The minimum Gasteiger partial charge on any atom is -0.310 e. The number of rotatable bonds is 5. The molecular formula is C16H22N4S. The van der Waals surface area contributed by atoms with Gasteiger partial charge in [0, 0.05) is 54.6 Å². The fraction of sp³-hybridized carbons (Fsp3) is 0.500. The molecule has 21 heavy (non-hydrogen) atoms. The molecule has 1 saturated carbocycles. The van der Waals surface area contributed by atoms with E-state index in [1.54, 1.807) is 0 Å². The third-order valence-corrected chi connectivity index (χ3v) is 5.25. The molecule has 0 amide bonds. The van der Waals surface area contributed by atoms with E-state index in [0.717, 1.165) is 23.1 Å². The Labute approximate surface area is 130 Å². The smallest absolute Gasteiger partial charge is 0.0969 e. The van der Waals surface area contributed by atoms with Gasteiger partial charge in [0.1, 0.15) is 0 Å². The monoisotopic (exact) mass is 302 g/mol. The van der Waals surface area contributed by atoms with Crippen LogP contribution >= 0.6 is 11.8 Å². The molecule has 1 N–H and O–H groups in total. The number of nitrogens with zero attached hydrogens (tertiary/aromatic N) is 3. The number of hydrogen-bond acceptors (Lipinski definition) is 4. The lowest BCUT2D eigenvalue weighted by molar-refractivity contribution is 0.525. The average Bonchev–Trinajstić information content (AvgIpc) is 3.12. The first kappa shape index (κ1) is 14.6. The van der Waals surface area contributed by atoms with Crippen molar-refractivity contribution in [2.24, 2.45) is 7.05 Å². The van der Waals surface area contributed by atoms with Crippen LogP contribution in [0.4, 0.5) is 0 Å². The van der Waals surface area contributed by atoms with E-state index in [2.05, 4.69) is 27.9 Å². The molecule has 2 heterocycles. The molecule has 0 bridgehead atoms. The zero-order valence-electron chi connectivity index (χ0n) is 12.6. The molecule has 0 saturated heterocycles. The van der Waals surface area contributed by atoms with Crippen LogP contribution in [0.1, 0.15) is 24.8 Å². The van der Waals surface area contributed by atoms with E-state index >= 15 is 0 Å². The maximum atomic E-state index is 4.60. The third-order valence-electron chi connectivity index (χ3n) is 4.16. The summed E-state index contributed by atoms with van der Waals surface area (Å²) in [5.74, 6) is 0. The van der Waals surface area contributed by atoms with Crippen LogP contribution in [0.5, 0.6) is 0 Å². The van der Waals surface area contributed by atoms with Crippen molar-refractivity contribution < 1.29 is 0 Å². The van der Waals surface area contributed by atoms with Crippen LogP contribution in [0.3, 0.4) is 0 Å². The molecule has 112 valence electrons. The second-order valence-corrected chi connectivity index (χ2v) is 6.80. The van der Waals surface area contributed by atoms with Crippen molar-refractivity contribution in [1.82, 2.24) is 20.1 Å². The van der Waals surface area contributed by atoms with Crippen molar-refractivity contribution in [3.8, 4) is 11.3 Å². The van der Waals surface area contributed by atoms with Crippen molar-refractivity contribution in [3.05, 3.63) is 36.3 Å². The van der Waals surface area contributed by atoms with E-state index in [1.807, 2.05) is 48.0 Å². The van der Waals surface area contributed by atoms with Gasteiger partial charge >= 0.3 is 0 Å². The molecule has 0 spiro atoms. The van der Waals surface area contributed by atoms with Gasteiger partial charge in [-0.1, -0.05) is 0 Å². The van der Waals surface area contributed by atoms with Crippen molar-refractivity contribution in [2.45, 2.75) is 37.1 Å². The van der Waals surface area contributed by atoms with Gasteiger partial charge in [0.25, 0.3) is 0 Å². The van der Waals surface area contributed by atoms with Crippen molar-refractivity contribution >= 4 is 11.8 Å². The Morgan fingerprint density at radius 3 is 2.86 bits per heavy atom. The van der Waals surface area contributed by atoms with Gasteiger partial charge in [-0.3, -0.25) is 9.67 Å². The average molecular weight is 302 g/mol. The summed E-state index contributed by atoms with van der Waals surface area (Å²) >= 11 is 2.00. The second kappa shape index (κ2) is 6.62. The number of hydrogen-bond donors (Lipinski definition) is 1. The standard InChI is InChI=1S/C16H22N4S/c1-20-11-13(10-18-14-3-4-15(9-14)21-2)16(19-20)12-5-7-17-8-6-12/h5-8,11,14-15,18H,3-4,9-10H2,1-2H3/t14-,15+/m1/s1.